The van der Waals surface area contributed by atoms with Gasteiger partial charge in [0.1, 0.15) is 5.82 Å². The zero-order valence-electron chi connectivity index (χ0n) is 14.2. The van der Waals surface area contributed by atoms with Crippen molar-refractivity contribution >= 4 is 12.4 Å². The van der Waals surface area contributed by atoms with Crippen molar-refractivity contribution in [3.63, 3.8) is 0 Å². The number of likely N-dealkylation sites (tertiary alicyclic amines) is 1. The van der Waals surface area contributed by atoms with Crippen molar-refractivity contribution in [1.29, 1.82) is 0 Å². The Morgan fingerprint density at radius 2 is 1.88 bits per heavy atom. The Labute approximate surface area is 154 Å². The second kappa shape index (κ2) is 8.27. The molecule has 25 heavy (non-hydrogen) atoms. The average molecular weight is 366 g/mol. The smallest absolute Gasteiger partial charge is 0.123 e. The van der Waals surface area contributed by atoms with Gasteiger partial charge >= 0.3 is 0 Å². The highest BCUT2D eigenvalue weighted by Gasteiger charge is 2.28. The Morgan fingerprint density at radius 1 is 1.12 bits per heavy atom. The van der Waals surface area contributed by atoms with E-state index in [1.807, 2.05) is 6.20 Å². The summed E-state index contributed by atoms with van der Waals surface area (Å²) in [6, 6.07) is 7.28. The minimum Gasteiger partial charge on any atom is -0.314 e. The first kappa shape index (κ1) is 18.3. The number of nitrogens with zero attached hydrogens (tertiary/aromatic N) is 3. The monoisotopic (exact) mass is 365 g/mol. The molecule has 0 aliphatic carbocycles. The third-order valence-corrected chi connectivity index (χ3v) is 5.16. The molecule has 1 aromatic carbocycles. The van der Waals surface area contributed by atoms with Gasteiger partial charge in [0.2, 0.25) is 0 Å². The van der Waals surface area contributed by atoms with Crippen LogP contribution in [0.15, 0.2) is 30.5 Å². The molecule has 1 aromatic heterocycles. The van der Waals surface area contributed by atoms with Crippen LogP contribution in [-0.2, 0) is 6.54 Å². The van der Waals surface area contributed by atoms with Crippen molar-refractivity contribution in [3.05, 3.63) is 41.8 Å². The molecule has 3 heterocycles. The minimum absolute atomic E-state index is 0. The predicted molar refractivity (Wildman–Crippen MR) is 99.4 cm³/mol. The molecule has 0 amide bonds. The average Bonchev–Trinajstić information content (AvgIpc) is 3.27. The van der Waals surface area contributed by atoms with E-state index in [0.717, 1.165) is 57.1 Å². The quantitative estimate of drug-likeness (QED) is 0.871. The van der Waals surface area contributed by atoms with Crippen LogP contribution >= 0.6 is 12.4 Å². The van der Waals surface area contributed by atoms with Gasteiger partial charge in [0, 0.05) is 63.0 Å². The first-order chi connectivity index (χ1) is 11.8. The van der Waals surface area contributed by atoms with Crippen LogP contribution in [0.5, 0.6) is 0 Å². The summed E-state index contributed by atoms with van der Waals surface area (Å²) in [7, 11) is 0. The summed E-state index contributed by atoms with van der Waals surface area (Å²) in [4.78, 5) is 5.12. The molecule has 2 aliphatic rings. The van der Waals surface area contributed by atoms with E-state index in [1.165, 1.54) is 24.1 Å². The van der Waals surface area contributed by atoms with Crippen molar-refractivity contribution in [3.8, 4) is 11.3 Å². The van der Waals surface area contributed by atoms with E-state index in [2.05, 4.69) is 25.3 Å². The fourth-order valence-electron chi connectivity index (χ4n) is 3.84. The number of halogens is 2. The molecule has 1 unspecified atom stereocenters. The summed E-state index contributed by atoms with van der Waals surface area (Å²) in [5, 5.41) is 10.7. The van der Waals surface area contributed by atoms with Crippen LogP contribution in [0, 0.1) is 5.82 Å². The largest absolute Gasteiger partial charge is 0.314 e. The highest BCUT2D eigenvalue weighted by Crippen LogP contribution is 2.25. The van der Waals surface area contributed by atoms with Gasteiger partial charge in [0.25, 0.3) is 0 Å². The molecule has 136 valence electrons. The molecule has 4 rings (SSSR count). The molecule has 7 heteroatoms. The number of H-pyrrole nitrogens is 1. The third kappa shape index (κ3) is 4.20. The van der Waals surface area contributed by atoms with Gasteiger partial charge in [-0.05, 0) is 30.7 Å². The van der Waals surface area contributed by atoms with E-state index >= 15 is 0 Å². The summed E-state index contributed by atoms with van der Waals surface area (Å²) < 4.78 is 13.1. The highest BCUT2D eigenvalue weighted by atomic mass is 35.5. The van der Waals surface area contributed by atoms with E-state index in [0.29, 0.717) is 6.04 Å². The number of aromatic nitrogens is 2. The molecule has 2 aromatic rings. The number of rotatable bonds is 4. The number of benzene rings is 1. The second-order valence-electron chi connectivity index (χ2n) is 6.74. The van der Waals surface area contributed by atoms with Gasteiger partial charge in [-0.15, -0.1) is 12.4 Å². The van der Waals surface area contributed by atoms with Crippen LogP contribution in [0.4, 0.5) is 4.39 Å². The highest BCUT2D eigenvalue weighted by molar-refractivity contribution is 5.85. The molecule has 0 bridgehead atoms. The lowest BCUT2D eigenvalue weighted by molar-refractivity contribution is 0.170. The maximum absolute atomic E-state index is 13.1. The fourth-order valence-corrected chi connectivity index (χ4v) is 3.84. The van der Waals surface area contributed by atoms with Crippen LogP contribution < -0.4 is 5.32 Å². The summed E-state index contributed by atoms with van der Waals surface area (Å²) in [5.41, 5.74) is 3.17. The summed E-state index contributed by atoms with van der Waals surface area (Å²) >= 11 is 0. The zero-order chi connectivity index (χ0) is 16.4. The molecular weight excluding hydrogens is 341 g/mol. The molecule has 1 atom stereocenters. The SMILES string of the molecule is Cl.Fc1ccc(-c2[nH]ncc2CN2CCC(N3CCNCC3)C2)cc1. The number of aromatic amines is 1. The Balaban J connectivity index is 0.00000182. The maximum atomic E-state index is 13.1. The normalized spacial score (nSPS) is 22.0. The van der Waals surface area contributed by atoms with Gasteiger partial charge in [-0.25, -0.2) is 4.39 Å². The Bertz CT molecular complexity index is 668. The van der Waals surface area contributed by atoms with E-state index in [-0.39, 0.29) is 18.2 Å². The molecular formula is C18H25ClFN5. The van der Waals surface area contributed by atoms with Gasteiger partial charge in [-0.1, -0.05) is 0 Å². The first-order valence-corrected chi connectivity index (χ1v) is 8.75. The number of nitrogens with one attached hydrogen (secondary N) is 2. The fraction of sp³-hybridized carbons (Fsp3) is 0.500. The molecule has 0 radical (unpaired) electrons. The Hall–Kier alpha value is -1.47. The van der Waals surface area contributed by atoms with Crippen LogP contribution in [0.3, 0.4) is 0 Å². The summed E-state index contributed by atoms with van der Waals surface area (Å²) in [6.45, 7) is 7.67. The van der Waals surface area contributed by atoms with Crippen molar-refractivity contribution in [2.75, 3.05) is 39.3 Å². The van der Waals surface area contributed by atoms with Crippen LogP contribution in [0.1, 0.15) is 12.0 Å². The molecule has 0 saturated carbocycles. The van der Waals surface area contributed by atoms with Crippen LogP contribution in [0.25, 0.3) is 11.3 Å². The lowest BCUT2D eigenvalue weighted by atomic mass is 10.1. The van der Waals surface area contributed by atoms with Gasteiger partial charge in [0.15, 0.2) is 0 Å². The van der Waals surface area contributed by atoms with Gasteiger partial charge in [-0.2, -0.15) is 5.10 Å². The summed E-state index contributed by atoms with van der Waals surface area (Å²) in [5.74, 6) is -0.210. The lowest BCUT2D eigenvalue weighted by Gasteiger charge is -2.32. The van der Waals surface area contributed by atoms with Crippen LogP contribution in [0.2, 0.25) is 0 Å². The molecule has 2 N–H and O–H groups in total. The Kier molecular flexibility index (Phi) is 6.06. The Morgan fingerprint density at radius 3 is 2.64 bits per heavy atom. The van der Waals surface area contributed by atoms with E-state index < -0.39 is 0 Å². The van der Waals surface area contributed by atoms with E-state index in [1.54, 1.807) is 12.1 Å². The van der Waals surface area contributed by atoms with Crippen molar-refractivity contribution in [2.45, 2.75) is 19.0 Å². The van der Waals surface area contributed by atoms with Gasteiger partial charge < -0.3 is 5.32 Å². The minimum atomic E-state index is -0.210. The molecule has 5 nitrogen and oxygen atoms in total. The maximum Gasteiger partial charge on any atom is 0.123 e. The zero-order valence-corrected chi connectivity index (χ0v) is 15.1. The second-order valence-corrected chi connectivity index (χ2v) is 6.74. The molecule has 2 aliphatic heterocycles. The van der Waals surface area contributed by atoms with Crippen molar-refractivity contribution in [2.24, 2.45) is 0 Å². The molecule has 2 saturated heterocycles. The van der Waals surface area contributed by atoms with Crippen molar-refractivity contribution in [1.82, 2.24) is 25.3 Å². The first-order valence-electron chi connectivity index (χ1n) is 8.75. The standard InChI is InChI=1S/C18H24FN5.ClH/c19-16-3-1-14(2-4-16)18-15(11-21-22-18)12-23-8-5-17(13-23)24-9-6-20-7-10-24;/h1-4,11,17,20H,5-10,12-13H2,(H,21,22);1H. The lowest BCUT2D eigenvalue weighted by Crippen LogP contribution is -2.49. The number of hydrogen-bond acceptors (Lipinski definition) is 4. The summed E-state index contributed by atoms with van der Waals surface area (Å²) in [6.07, 6.45) is 3.14. The van der Waals surface area contributed by atoms with Gasteiger partial charge in [0.05, 0.1) is 11.9 Å². The topological polar surface area (TPSA) is 47.2 Å². The van der Waals surface area contributed by atoms with Crippen molar-refractivity contribution < 1.29 is 4.39 Å². The predicted octanol–water partition coefficient (Wildman–Crippen LogP) is 2.12. The van der Waals surface area contributed by atoms with Crippen LogP contribution in [-0.4, -0.2) is 65.3 Å². The number of piperazine rings is 1. The molecule has 2 fully saturated rings. The van der Waals surface area contributed by atoms with E-state index in [9.17, 15) is 4.39 Å². The molecule has 0 spiro atoms. The third-order valence-electron chi connectivity index (χ3n) is 5.16. The number of hydrogen-bond donors (Lipinski definition) is 2. The van der Waals surface area contributed by atoms with Gasteiger partial charge in [-0.3, -0.25) is 14.9 Å². The van der Waals surface area contributed by atoms with E-state index in [4.69, 9.17) is 0 Å².